The van der Waals surface area contributed by atoms with Crippen molar-refractivity contribution in [1.82, 2.24) is 9.78 Å². The van der Waals surface area contributed by atoms with E-state index < -0.39 is 11.5 Å². The first-order valence-electron chi connectivity index (χ1n) is 6.19. The van der Waals surface area contributed by atoms with Gasteiger partial charge in [0.1, 0.15) is 11.4 Å². The highest BCUT2D eigenvalue weighted by atomic mass is 35.5. The highest BCUT2D eigenvalue weighted by molar-refractivity contribution is 6.30. The maximum Gasteiger partial charge on any atom is 0.303 e. The quantitative estimate of drug-likeness (QED) is 0.900. The molecule has 1 aromatic heterocycles. The molecule has 0 radical (unpaired) electrons. The molecule has 2 aromatic rings. The fourth-order valence-electron chi connectivity index (χ4n) is 1.87. The van der Waals surface area contributed by atoms with Gasteiger partial charge in [-0.1, -0.05) is 17.7 Å². The monoisotopic (exact) mass is 308 g/mol. The molecule has 6 nitrogen and oxygen atoms in total. The summed E-state index contributed by atoms with van der Waals surface area (Å²) in [5, 5.41) is 22.9. The third-order valence-corrected chi connectivity index (χ3v) is 3.20. The molecule has 0 bridgehead atoms. The van der Waals surface area contributed by atoms with Gasteiger partial charge in [0, 0.05) is 17.5 Å². The van der Waals surface area contributed by atoms with Gasteiger partial charge >= 0.3 is 5.97 Å². The van der Waals surface area contributed by atoms with Crippen molar-refractivity contribution >= 4 is 17.6 Å². The minimum absolute atomic E-state index is 0.0288. The number of carboxylic acid groups (broad SMARTS) is 1. The Labute approximate surface area is 125 Å². The first kappa shape index (κ1) is 15.1. The number of aromatic nitrogens is 2. The number of hydrogen-bond donors (Lipinski definition) is 2. The fourth-order valence-corrected chi connectivity index (χ4v) is 2.04. The number of carboxylic acids is 1. The van der Waals surface area contributed by atoms with E-state index in [2.05, 4.69) is 5.10 Å². The predicted octanol–water partition coefficient (Wildman–Crippen LogP) is 1.92. The van der Waals surface area contributed by atoms with Gasteiger partial charge in [0.15, 0.2) is 0 Å². The van der Waals surface area contributed by atoms with Crippen molar-refractivity contribution < 1.29 is 15.0 Å². The smallest absolute Gasteiger partial charge is 0.303 e. The summed E-state index contributed by atoms with van der Waals surface area (Å²) < 4.78 is 1.11. The van der Waals surface area contributed by atoms with Crippen molar-refractivity contribution in [2.45, 2.75) is 19.8 Å². The third-order valence-electron chi connectivity index (χ3n) is 2.96. The maximum atomic E-state index is 12.0. The van der Waals surface area contributed by atoms with Crippen LogP contribution in [0.4, 0.5) is 0 Å². The van der Waals surface area contributed by atoms with E-state index in [4.69, 9.17) is 16.7 Å². The fraction of sp³-hybridized carbons (Fsp3) is 0.214. The first-order chi connectivity index (χ1) is 9.88. The summed E-state index contributed by atoms with van der Waals surface area (Å²) in [4.78, 5) is 22.6. The molecule has 2 rings (SSSR count). The second kappa shape index (κ2) is 5.97. The highest BCUT2D eigenvalue weighted by Crippen LogP contribution is 2.19. The molecule has 0 atom stereocenters. The molecule has 21 heavy (non-hydrogen) atoms. The van der Waals surface area contributed by atoms with Crippen LogP contribution in [0, 0.1) is 6.92 Å². The Balaban J connectivity index is 2.53. The zero-order valence-corrected chi connectivity index (χ0v) is 12.0. The number of aryl methyl sites for hydroxylation is 2. The molecule has 0 fully saturated rings. The lowest BCUT2D eigenvalue weighted by molar-refractivity contribution is -0.136. The average molecular weight is 309 g/mol. The van der Waals surface area contributed by atoms with Gasteiger partial charge in [-0.3, -0.25) is 9.59 Å². The highest BCUT2D eigenvalue weighted by Gasteiger charge is 2.12. The molecule has 2 N–H and O–H groups in total. The van der Waals surface area contributed by atoms with Crippen molar-refractivity contribution in [2.75, 3.05) is 0 Å². The van der Waals surface area contributed by atoms with Gasteiger partial charge in [0.25, 0.3) is 5.56 Å². The van der Waals surface area contributed by atoms with Crippen LogP contribution in [0.2, 0.25) is 5.02 Å². The number of aliphatic carboxylic acids is 1. The van der Waals surface area contributed by atoms with Crippen LogP contribution in [-0.4, -0.2) is 26.0 Å². The summed E-state index contributed by atoms with van der Waals surface area (Å²) in [6.07, 6.45) is -0.158. The minimum Gasteiger partial charge on any atom is -0.506 e. The van der Waals surface area contributed by atoms with Gasteiger partial charge in [-0.15, -0.1) is 0 Å². The van der Waals surface area contributed by atoms with Gasteiger partial charge in [-0.05, 0) is 24.6 Å². The van der Waals surface area contributed by atoms with Crippen LogP contribution < -0.4 is 5.56 Å². The summed E-state index contributed by atoms with van der Waals surface area (Å²) >= 11 is 5.92. The van der Waals surface area contributed by atoms with Gasteiger partial charge in [0.2, 0.25) is 0 Å². The Hall–Kier alpha value is -2.34. The molecule has 0 unspecified atom stereocenters. The van der Waals surface area contributed by atoms with Crippen molar-refractivity contribution in [3.8, 4) is 11.4 Å². The standard InChI is InChI=1S/C14H13ClN2O4/c1-8-2-3-9(15)6-11(8)17-13(19)7-12(18)10(16-17)4-5-14(20)21/h2-3,6-7,18H,4-5H2,1H3,(H,20,21). The molecule has 0 aliphatic heterocycles. The summed E-state index contributed by atoms with van der Waals surface area (Å²) in [5.41, 5.74) is 0.904. The summed E-state index contributed by atoms with van der Waals surface area (Å²) in [6.45, 7) is 1.80. The predicted molar refractivity (Wildman–Crippen MR) is 77.2 cm³/mol. The lowest BCUT2D eigenvalue weighted by Crippen LogP contribution is -2.22. The average Bonchev–Trinajstić information content (AvgIpc) is 2.41. The second-order valence-corrected chi connectivity index (χ2v) is 4.99. The number of hydrogen-bond acceptors (Lipinski definition) is 4. The van der Waals surface area contributed by atoms with Crippen molar-refractivity contribution in [3.05, 3.63) is 50.9 Å². The molecule has 0 amide bonds. The van der Waals surface area contributed by atoms with Crippen LogP contribution in [0.25, 0.3) is 5.69 Å². The molecule has 0 aliphatic rings. The largest absolute Gasteiger partial charge is 0.506 e. The van der Waals surface area contributed by atoms with Crippen molar-refractivity contribution in [3.63, 3.8) is 0 Å². The van der Waals surface area contributed by atoms with E-state index >= 15 is 0 Å². The van der Waals surface area contributed by atoms with Crippen LogP contribution in [0.5, 0.6) is 5.75 Å². The van der Waals surface area contributed by atoms with Crippen molar-refractivity contribution in [2.24, 2.45) is 0 Å². The Bertz CT molecular complexity index is 755. The molecule has 1 aromatic carbocycles. The Morgan fingerprint density at radius 3 is 2.76 bits per heavy atom. The molecule has 7 heteroatoms. The number of aromatic hydroxyl groups is 1. The molecule has 0 spiro atoms. The molecule has 0 aliphatic carbocycles. The van der Waals surface area contributed by atoms with Gasteiger partial charge in [0.05, 0.1) is 12.1 Å². The van der Waals surface area contributed by atoms with E-state index in [-0.39, 0.29) is 24.3 Å². The van der Waals surface area contributed by atoms with E-state index in [1.165, 1.54) is 0 Å². The van der Waals surface area contributed by atoms with Gasteiger partial charge in [-0.2, -0.15) is 9.78 Å². The van der Waals surface area contributed by atoms with E-state index in [0.717, 1.165) is 16.3 Å². The lowest BCUT2D eigenvalue weighted by atomic mass is 10.2. The first-order valence-corrected chi connectivity index (χ1v) is 6.57. The normalized spacial score (nSPS) is 10.6. The zero-order valence-electron chi connectivity index (χ0n) is 11.2. The number of benzene rings is 1. The number of nitrogens with zero attached hydrogens (tertiary/aromatic N) is 2. The van der Waals surface area contributed by atoms with Gasteiger partial charge < -0.3 is 10.2 Å². The lowest BCUT2D eigenvalue weighted by Gasteiger charge is -2.11. The topological polar surface area (TPSA) is 92.4 Å². The van der Waals surface area contributed by atoms with Crippen LogP contribution in [0.3, 0.4) is 0 Å². The number of rotatable bonds is 4. The van der Waals surface area contributed by atoms with Crippen molar-refractivity contribution in [1.29, 1.82) is 0 Å². The third kappa shape index (κ3) is 3.41. The van der Waals surface area contributed by atoms with Gasteiger partial charge in [-0.25, -0.2) is 0 Å². The molecular weight excluding hydrogens is 296 g/mol. The molecule has 0 saturated carbocycles. The molecule has 1 heterocycles. The Morgan fingerprint density at radius 1 is 1.38 bits per heavy atom. The van der Waals surface area contributed by atoms with Crippen LogP contribution in [-0.2, 0) is 11.2 Å². The summed E-state index contributed by atoms with van der Waals surface area (Å²) in [7, 11) is 0. The zero-order chi connectivity index (χ0) is 15.6. The molecular formula is C14H13ClN2O4. The van der Waals surface area contributed by atoms with Crippen LogP contribution in [0.1, 0.15) is 17.7 Å². The SMILES string of the molecule is Cc1ccc(Cl)cc1-n1nc(CCC(=O)O)c(O)cc1=O. The van der Waals surface area contributed by atoms with E-state index in [1.807, 2.05) is 0 Å². The molecule has 110 valence electrons. The number of carbonyl (C=O) groups is 1. The number of halogens is 1. The van der Waals surface area contributed by atoms with E-state index in [9.17, 15) is 14.7 Å². The molecule has 0 saturated heterocycles. The Kier molecular flexibility index (Phi) is 4.28. The summed E-state index contributed by atoms with van der Waals surface area (Å²) in [6, 6.07) is 6.04. The van der Waals surface area contributed by atoms with E-state index in [0.29, 0.717) is 10.7 Å². The van der Waals surface area contributed by atoms with E-state index in [1.54, 1.807) is 25.1 Å². The summed E-state index contributed by atoms with van der Waals surface area (Å²) in [5.74, 6) is -1.31. The Morgan fingerprint density at radius 2 is 2.10 bits per heavy atom. The maximum absolute atomic E-state index is 12.0. The minimum atomic E-state index is -1.01. The van der Waals surface area contributed by atoms with Crippen LogP contribution >= 0.6 is 11.6 Å². The van der Waals surface area contributed by atoms with Crippen LogP contribution in [0.15, 0.2) is 29.1 Å². The second-order valence-electron chi connectivity index (χ2n) is 4.55.